The van der Waals surface area contributed by atoms with E-state index in [1.807, 2.05) is 42.5 Å². The van der Waals surface area contributed by atoms with E-state index in [9.17, 15) is 15.0 Å². The van der Waals surface area contributed by atoms with Crippen molar-refractivity contribution in [1.82, 2.24) is 5.32 Å². The van der Waals surface area contributed by atoms with Gasteiger partial charge in [-0.15, -0.1) is 0 Å². The zero-order chi connectivity index (χ0) is 22.7. The molecule has 6 nitrogen and oxygen atoms in total. The number of nitrogens with zero attached hydrogens (tertiary/aromatic N) is 1. The van der Waals surface area contributed by atoms with Crippen LogP contribution in [-0.2, 0) is 4.74 Å². The molecule has 3 aromatic rings. The number of alkyl carbamates (subject to hydrolysis) is 1. The molecule has 1 aliphatic rings. The Hall–Kier alpha value is -3.37. The van der Waals surface area contributed by atoms with Crippen LogP contribution in [0.25, 0.3) is 11.1 Å². The second kappa shape index (κ2) is 9.41. The predicted octanol–water partition coefficient (Wildman–Crippen LogP) is 4.14. The van der Waals surface area contributed by atoms with Crippen LogP contribution in [0.5, 0.6) is 0 Å². The number of benzene rings is 3. The van der Waals surface area contributed by atoms with Gasteiger partial charge in [-0.2, -0.15) is 5.26 Å². The van der Waals surface area contributed by atoms with E-state index in [-0.39, 0.29) is 29.7 Å². The summed E-state index contributed by atoms with van der Waals surface area (Å²) in [6.45, 7) is -0.0659. The summed E-state index contributed by atoms with van der Waals surface area (Å²) in [5, 5.41) is 32.4. The fourth-order valence-electron chi connectivity index (χ4n) is 3.98. The van der Waals surface area contributed by atoms with E-state index in [2.05, 4.69) is 17.4 Å². The summed E-state index contributed by atoms with van der Waals surface area (Å²) in [6, 6.07) is 22.4. The topological polar surface area (TPSA) is 103 Å². The van der Waals surface area contributed by atoms with Crippen LogP contribution in [0, 0.1) is 11.3 Å². The highest BCUT2D eigenvalue weighted by atomic mass is 35.5. The average Bonchev–Trinajstić information content (AvgIpc) is 3.14. The molecule has 0 aliphatic heterocycles. The molecule has 0 radical (unpaired) electrons. The van der Waals surface area contributed by atoms with Crippen molar-refractivity contribution >= 4 is 17.7 Å². The van der Waals surface area contributed by atoms with E-state index in [0.29, 0.717) is 5.56 Å². The Morgan fingerprint density at radius 3 is 2.31 bits per heavy atom. The predicted molar refractivity (Wildman–Crippen MR) is 120 cm³/mol. The summed E-state index contributed by atoms with van der Waals surface area (Å²) in [5.74, 6) is -0.0675. The molecule has 162 valence electrons. The molecule has 0 fully saturated rings. The molecule has 3 N–H and O–H groups in total. The van der Waals surface area contributed by atoms with Gasteiger partial charge in [-0.05, 0) is 39.9 Å². The summed E-state index contributed by atoms with van der Waals surface area (Å²) in [5.41, 5.74) is 5.00. The fourth-order valence-corrected chi connectivity index (χ4v) is 4.14. The van der Waals surface area contributed by atoms with Gasteiger partial charge < -0.3 is 20.3 Å². The van der Waals surface area contributed by atoms with E-state index in [1.54, 1.807) is 0 Å². The zero-order valence-electron chi connectivity index (χ0n) is 17.0. The number of carbonyl (C=O) groups is 1. The minimum Gasteiger partial charge on any atom is -0.449 e. The number of rotatable bonds is 6. The third-order valence-corrected chi connectivity index (χ3v) is 5.95. The maximum absolute atomic E-state index is 12.2. The highest BCUT2D eigenvalue weighted by molar-refractivity contribution is 6.31. The van der Waals surface area contributed by atoms with Gasteiger partial charge in [-0.1, -0.05) is 66.2 Å². The van der Waals surface area contributed by atoms with Gasteiger partial charge in [0.25, 0.3) is 0 Å². The average molecular weight is 449 g/mol. The lowest BCUT2D eigenvalue weighted by atomic mass is 9.98. The maximum Gasteiger partial charge on any atom is 0.407 e. The Labute approximate surface area is 190 Å². The Kier molecular flexibility index (Phi) is 6.42. The summed E-state index contributed by atoms with van der Waals surface area (Å²) in [7, 11) is 0. The van der Waals surface area contributed by atoms with Gasteiger partial charge in [-0.3, -0.25) is 0 Å². The molecule has 3 aromatic carbocycles. The first kappa shape index (κ1) is 21.8. The molecule has 2 atom stereocenters. The van der Waals surface area contributed by atoms with Crippen molar-refractivity contribution < 1.29 is 19.7 Å². The number of nitrogens with one attached hydrogen (secondary N) is 1. The highest BCUT2D eigenvalue weighted by Gasteiger charge is 2.29. The molecule has 32 heavy (non-hydrogen) atoms. The third-order valence-electron chi connectivity index (χ3n) is 5.62. The van der Waals surface area contributed by atoms with E-state index >= 15 is 0 Å². The number of hydrogen-bond acceptors (Lipinski definition) is 5. The molecule has 4 rings (SSSR count). The van der Waals surface area contributed by atoms with Crippen molar-refractivity contribution in [3.05, 3.63) is 94.0 Å². The van der Waals surface area contributed by atoms with Gasteiger partial charge in [0, 0.05) is 12.5 Å². The van der Waals surface area contributed by atoms with Gasteiger partial charge in [-0.25, -0.2) is 4.79 Å². The second-order valence-corrected chi connectivity index (χ2v) is 7.98. The largest absolute Gasteiger partial charge is 0.449 e. The molecular weight excluding hydrogens is 428 g/mol. The van der Waals surface area contributed by atoms with Crippen LogP contribution in [0.2, 0.25) is 5.02 Å². The molecule has 0 spiro atoms. The van der Waals surface area contributed by atoms with Crippen LogP contribution in [0.15, 0.2) is 66.7 Å². The van der Waals surface area contributed by atoms with Crippen LogP contribution in [0.1, 0.15) is 34.3 Å². The minimum atomic E-state index is -1.30. The molecule has 2 unspecified atom stereocenters. The molecule has 0 saturated carbocycles. The lowest BCUT2D eigenvalue weighted by Gasteiger charge is -2.19. The Balaban J connectivity index is 1.34. The Morgan fingerprint density at radius 1 is 1.06 bits per heavy atom. The molecule has 1 aliphatic carbocycles. The number of hydrogen-bond donors (Lipinski definition) is 3. The van der Waals surface area contributed by atoms with Gasteiger partial charge in [0.1, 0.15) is 24.9 Å². The van der Waals surface area contributed by atoms with Crippen molar-refractivity contribution in [2.75, 3.05) is 13.2 Å². The van der Waals surface area contributed by atoms with E-state index < -0.39 is 18.3 Å². The highest BCUT2D eigenvalue weighted by Crippen LogP contribution is 2.44. The van der Waals surface area contributed by atoms with Gasteiger partial charge >= 0.3 is 6.09 Å². The number of halogens is 1. The van der Waals surface area contributed by atoms with Gasteiger partial charge in [0.2, 0.25) is 0 Å². The molecular formula is C25H21ClN2O4. The minimum absolute atomic E-state index is 0.0675. The molecule has 1 amide bonds. The smallest absolute Gasteiger partial charge is 0.407 e. The lowest BCUT2D eigenvalue weighted by Crippen LogP contribution is -2.36. The van der Waals surface area contributed by atoms with Gasteiger partial charge in [0.05, 0.1) is 10.6 Å². The van der Waals surface area contributed by atoms with Crippen molar-refractivity contribution in [3.8, 4) is 17.2 Å². The normalized spacial score (nSPS) is 14.1. The van der Waals surface area contributed by atoms with Crippen LogP contribution >= 0.6 is 11.6 Å². The number of fused-ring (bicyclic) bond motifs is 3. The number of ether oxygens (including phenoxy) is 1. The Morgan fingerprint density at radius 2 is 1.69 bits per heavy atom. The molecule has 0 bridgehead atoms. The fraction of sp³-hybridized carbons (Fsp3) is 0.200. The second-order valence-electron chi connectivity index (χ2n) is 7.57. The number of aliphatic hydroxyl groups is 2. The van der Waals surface area contributed by atoms with E-state index in [1.165, 1.54) is 18.2 Å². The molecule has 7 heteroatoms. The third kappa shape index (κ3) is 4.32. The van der Waals surface area contributed by atoms with Crippen molar-refractivity contribution in [2.24, 2.45) is 0 Å². The summed E-state index contributed by atoms with van der Waals surface area (Å²) in [4.78, 5) is 12.2. The number of amides is 1. The quantitative estimate of drug-likeness (QED) is 0.525. The standard InChI is InChI=1S/C25H21ClN2O4/c26-22-10-9-15(11-16(22)12-27)24(30)23(29)13-28-25(31)32-14-21-19-7-3-1-5-17(19)18-6-2-4-8-20(18)21/h1-11,21,23-24,29-30H,13-14H2,(H,28,31). The van der Waals surface area contributed by atoms with Crippen LogP contribution in [0.4, 0.5) is 4.79 Å². The summed E-state index contributed by atoms with van der Waals surface area (Å²) < 4.78 is 5.42. The van der Waals surface area contributed by atoms with Crippen LogP contribution < -0.4 is 5.32 Å². The van der Waals surface area contributed by atoms with Crippen LogP contribution in [0.3, 0.4) is 0 Å². The van der Waals surface area contributed by atoms with Crippen molar-refractivity contribution in [3.63, 3.8) is 0 Å². The number of aliphatic hydroxyl groups excluding tert-OH is 2. The molecule has 0 saturated heterocycles. The first-order valence-corrected chi connectivity index (χ1v) is 10.5. The molecule has 0 heterocycles. The van der Waals surface area contributed by atoms with E-state index in [0.717, 1.165) is 22.3 Å². The van der Waals surface area contributed by atoms with E-state index in [4.69, 9.17) is 21.6 Å². The number of carbonyl (C=O) groups excluding carboxylic acids is 1. The molecule has 0 aromatic heterocycles. The van der Waals surface area contributed by atoms with Crippen molar-refractivity contribution in [2.45, 2.75) is 18.1 Å². The van der Waals surface area contributed by atoms with Crippen molar-refractivity contribution in [1.29, 1.82) is 5.26 Å². The maximum atomic E-state index is 12.2. The summed E-state index contributed by atoms with van der Waals surface area (Å²) in [6.07, 6.45) is -3.27. The first-order chi connectivity index (χ1) is 15.5. The summed E-state index contributed by atoms with van der Waals surface area (Å²) >= 11 is 5.89. The zero-order valence-corrected chi connectivity index (χ0v) is 17.8. The SMILES string of the molecule is N#Cc1cc(C(O)C(O)CNC(=O)OCC2c3ccccc3-c3ccccc32)ccc1Cl. The number of nitriles is 1. The first-order valence-electron chi connectivity index (χ1n) is 10.1. The monoisotopic (exact) mass is 448 g/mol. The van der Waals surface area contributed by atoms with Gasteiger partial charge in [0.15, 0.2) is 0 Å². The lowest BCUT2D eigenvalue weighted by molar-refractivity contribution is 0.0185. The Bertz CT molecular complexity index is 1150. The van der Waals surface area contributed by atoms with Crippen LogP contribution in [-0.4, -0.2) is 35.6 Å².